The third-order valence-corrected chi connectivity index (χ3v) is 4.29. The third kappa shape index (κ3) is 3.12. The van der Waals surface area contributed by atoms with Crippen molar-refractivity contribution in [3.63, 3.8) is 0 Å². The Bertz CT molecular complexity index is 417. The zero-order chi connectivity index (χ0) is 12.3. The minimum absolute atomic E-state index is 0.0671. The predicted molar refractivity (Wildman–Crippen MR) is 68.3 cm³/mol. The molecule has 0 aliphatic heterocycles. The highest BCUT2D eigenvalue weighted by molar-refractivity contribution is 8.00. The molecule has 4 nitrogen and oxygen atoms in total. The number of rotatable bonds is 3. The summed E-state index contributed by atoms with van der Waals surface area (Å²) in [6, 6.07) is 3.07. The normalized spacial score (nSPS) is 16.9. The number of thioether (sulfide) groups is 1. The summed E-state index contributed by atoms with van der Waals surface area (Å²) in [6.45, 7) is 0. The maximum absolute atomic E-state index is 10.8. The molecule has 1 fully saturated rings. The molecule has 1 aromatic rings. The number of nitrogens with two attached hydrogens (primary N) is 1. The minimum Gasteiger partial charge on any atom is -0.477 e. The van der Waals surface area contributed by atoms with Crippen molar-refractivity contribution in [3.05, 3.63) is 17.8 Å². The molecule has 1 heterocycles. The van der Waals surface area contributed by atoms with Gasteiger partial charge in [0, 0.05) is 5.25 Å². The lowest BCUT2D eigenvalue weighted by molar-refractivity contribution is 0.0690. The molecule has 0 spiro atoms. The Kier molecular flexibility index (Phi) is 3.89. The monoisotopic (exact) mass is 252 g/mol. The number of pyridine rings is 1. The van der Waals surface area contributed by atoms with Crippen LogP contribution in [0.3, 0.4) is 0 Å². The van der Waals surface area contributed by atoms with Gasteiger partial charge in [0.2, 0.25) is 0 Å². The van der Waals surface area contributed by atoms with Gasteiger partial charge >= 0.3 is 5.97 Å². The number of aromatic nitrogens is 1. The summed E-state index contributed by atoms with van der Waals surface area (Å²) in [5.41, 5.74) is 6.47. The first-order chi connectivity index (χ1) is 8.16. The van der Waals surface area contributed by atoms with E-state index in [2.05, 4.69) is 4.98 Å². The zero-order valence-corrected chi connectivity index (χ0v) is 10.4. The van der Waals surface area contributed by atoms with E-state index in [0.29, 0.717) is 16.0 Å². The molecule has 5 heteroatoms. The fourth-order valence-corrected chi connectivity index (χ4v) is 3.25. The maximum atomic E-state index is 10.8. The van der Waals surface area contributed by atoms with E-state index in [1.54, 1.807) is 17.8 Å². The summed E-state index contributed by atoms with van der Waals surface area (Å²) >= 11 is 1.62. The maximum Gasteiger partial charge on any atom is 0.354 e. The molecule has 0 aromatic carbocycles. The Morgan fingerprint density at radius 2 is 2.06 bits per heavy atom. The number of carboxylic acids is 1. The first-order valence-corrected chi connectivity index (χ1v) is 6.71. The molecule has 1 saturated carbocycles. The van der Waals surface area contributed by atoms with Crippen molar-refractivity contribution in [2.24, 2.45) is 0 Å². The molecule has 1 aromatic heterocycles. The lowest BCUT2D eigenvalue weighted by Gasteiger charge is -2.21. The van der Waals surface area contributed by atoms with Crippen LogP contribution in [0, 0.1) is 0 Å². The average molecular weight is 252 g/mol. The molecule has 0 atom stereocenters. The van der Waals surface area contributed by atoms with Gasteiger partial charge in [-0.05, 0) is 25.0 Å². The Morgan fingerprint density at radius 3 is 2.71 bits per heavy atom. The highest BCUT2D eigenvalue weighted by Crippen LogP contribution is 2.35. The topological polar surface area (TPSA) is 76.2 Å². The van der Waals surface area contributed by atoms with Crippen LogP contribution in [-0.4, -0.2) is 21.3 Å². The van der Waals surface area contributed by atoms with E-state index in [1.165, 1.54) is 38.2 Å². The number of nitrogen functional groups attached to an aromatic ring is 1. The van der Waals surface area contributed by atoms with Gasteiger partial charge < -0.3 is 10.8 Å². The van der Waals surface area contributed by atoms with Gasteiger partial charge in [-0.3, -0.25) is 0 Å². The fraction of sp³-hybridized carbons (Fsp3) is 0.500. The van der Waals surface area contributed by atoms with Crippen LogP contribution in [0.4, 0.5) is 5.69 Å². The van der Waals surface area contributed by atoms with Crippen LogP contribution >= 0.6 is 11.8 Å². The number of aromatic carboxylic acids is 1. The summed E-state index contributed by atoms with van der Waals surface area (Å²) in [5, 5.41) is 10.1. The second-order valence-corrected chi connectivity index (χ2v) is 5.56. The van der Waals surface area contributed by atoms with Gasteiger partial charge in [0.1, 0.15) is 10.7 Å². The lowest BCUT2D eigenvalue weighted by atomic mass is 10.0. The Labute approximate surface area is 105 Å². The summed E-state index contributed by atoms with van der Waals surface area (Å²) < 4.78 is 0. The third-order valence-electron chi connectivity index (χ3n) is 2.94. The van der Waals surface area contributed by atoms with Crippen molar-refractivity contribution in [2.75, 3.05) is 5.73 Å². The Morgan fingerprint density at radius 1 is 1.35 bits per heavy atom. The van der Waals surface area contributed by atoms with Crippen LogP contribution < -0.4 is 5.73 Å². The fourth-order valence-electron chi connectivity index (χ4n) is 2.01. The molecule has 1 aliphatic carbocycles. The van der Waals surface area contributed by atoms with Gasteiger partial charge in [0.05, 0.1) is 5.69 Å². The van der Waals surface area contributed by atoms with Crippen molar-refractivity contribution in [3.8, 4) is 0 Å². The van der Waals surface area contributed by atoms with E-state index in [-0.39, 0.29) is 5.69 Å². The zero-order valence-electron chi connectivity index (χ0n) is 9.56. The Balaban J connectivity index is 2.13. The second-order valence-electron chi connectivity index (χ2n) is 4.27. The van der Waals surface area contributed by atoms with Crippen molar-refractivity contribution in [1.29, 1.82) is 0 Å². The standard InChI is InChI=1S/C12H16N2O2S/c13-9-6-7-10(12(15)16)14-11(9)17-8-4-2-1-3-5-8/h6-8H,1-5,13H2,(H,15,16). The number of anilines is 1. The van der Waals surface area contributed by atoms with Crippen LogP contribution in [0.15, 0.2) is 17.2 Å². The van der Waals surface area contributed by atoms with Crippen molar-refractivity contribution >= 4 is 23.4 Å². The van der Waals surface area contributed by atoms with Crippen molar-refractivity contribution in [1.82, 2.24) is 4.98 Å². The van der Waals surface area contributed by atoms with Gasteiger partial charge in [0.15, 0.2) is 0 Å². The number of hydrogen-bond acceptors (Lipinski definition) is 4. The first kappa shape index (κ1) is 12.2. The summed E-state index contributed by atoms with van der Waals surface area (Å²) in [6.07, 6.45) is 6.13. The highest BCUT2D eigenvalue weighted by Gasteiger charge is 2.17. The molecule has 3 N–H and O–H groups in total. The van der Waals surface area contributed by atoms with Gasteiger partial charge in [-0.15, -0.1) is 11.8 Å². The smallest absolute Gasteiger partial charge is 0.354 e. The van der Waals surface area contributed by atoms with E-state index in [0.717, 1.165) is 0 Å². The summed E-state index contributed by atoms with van der Waals surface area (Å²) in [7, 11) is 0. The van der Waals surface area contributed by atoms with E-state index < -0.39 is 5.97 Å². The van der Waals surface area contributed by atoms with E-state index in [1.807, 2.05) is 0 Å². The van der Waals surface area contributed by atoms with Crippen LogP contribution in [0.5, 0.6) is 0 Å². The quantitative estimate of drug-likeness (QED) is 0.865. The number of nitrogens with zero attached hydrogens (tertiary/aromatic N) is 1. The van der Waals surface area contributed by atoms with Crippen molar-refractivity contribution < 1.29 is 9.90 Å². The molecule has 1 aliphatic rings. The summed E-state index contributed by atoms with van der Waals surface area (Å²) in [5.74, 6) is -1.00. The molecule has 0 amide bonds. The predicted octanol–water partition coefficient (Wildman–Crippen LogP) is 2.79. The molecule has 0 bridgehead atoms. The SMILES string of the molecule is Nc1ccc(C(=O)O)nc1SC1CCCCC1. The molecular weight excluding hydrogens is 236 g/mol. The summed E-state index contributed by atoms with van der Waals surface area (Å²) in [4.78, 5) is 14.9. The van der Waals surface area contributed by atoms with Crippen molar-refractivity contribution in [2.45, 2.75) is 42.4 Å². The highest BCUT2D eigenvalue weighted by atomic mass is 32.2. The molecule has 0 unspecified atom stereocenters. The van der Waals surface area contributed by atoms with Gasteiger partial charge in [-0.1, -0.05) is 19.3 Å². The van der Waals surface area contributed by atoms with Crippen LogP contribution in [0.2, 0.25) is 0 Å². The number of carboxylic acid groups (broad SMARTS) is 1. The van der Waals surface area contributed by atoms with E-state index in [4.69, 9.17) is 10.8 Å². The molecule has 92 valence electrons. The van der Waals surface area contributed by atoms with Crippen LogP contribution in [0.25, 0.3) is 0 Å². The van der Waals surface area contributed by atoms with Crippen LogP contribution in [-0.2, 0) is 0 Å². The lowest BCUT2D eigenvalue weighted by Crippen LogP contribution is -2.10. The second kappa shape index (κ2) is 5.40. The molecule has 2 rings (SSSR count). The number of carbonyl (C=O) groups is 1. The first-order valence-electron chi connectivity index (χ1n) is 5.83. The van der Waals surface area contributed by atoms with Crippen LogP contribution in [0.1, 0.15) is 42.6 Å². The molecule has 0 saturated heterocycles. The van der Waals surface area contributed by atoms with Gasteiger partial charge in [-0.2, -0.15) is 0 Å². The number of hydrogen-bond donors (Lipinski definition) is 2. The van der Waals surface area contributed by atoms with E-state index >= 15 is 0 Å². The van der Waals surface area contributed by atoms with E-state index in [9.17, 15) is 4.79 Å². The van der Waals surface area contributed by atoms with Gasteiger partial charge in [0.25, 0.3) is 0 Å². The molecular formula is C12H16N2O2S. The largest absolute Gasteiger partial charge is 0.477 e. The minimum atomic E-state index is -1.00. The Hall–Kier alpha value is -1.23. The molecule has 0 radical (unpaired) electrons. The van der Waals surface area contributed by atoms with Gasteiger partial charge in [-0.25, -0.2) is 9.78 Å². The molecule has 17 heavy (non-hydrogen) atoms. The average Bonchev–Trinajstić information content (AvgIpc) is 2.33.